The van der Waals surface area contributed by atoms with Gasteiger partial charge in [0, 0.05) is 31.7 Å². The third-order valence-electron chi connectivity index (χ3n) is 4.69. The molecule has 2 aromatic heterocycles. The highest BCUT2D eigenvalue weighted by atomic mass is 32.2. The van der Waals surface area contributed by atoms with Gasteiger partial charge in [-0.3, -0.25) is 0 Å². The molecule has 10 heteroatoms. The van der Waals surface area contributed by atoms with E-state index in [1.165, 1.54) is 11.8 Å². The van der Waals surface area contributed by atoms with Crippen LogP contribution in [0.3, 0.4) is 0 Å². The lowest BCUT2D eigenvalue weighted by Crippen LogP contribution is -2.06. The number of methoxy groups -OCH3 is 3. The maximum Gasteiger partial charge on any atom is 0.239 e. The number of hydrogen-bond donors (Lipinski definition) is 0. The molecule has 31 heavy (non-hydrogen) atoms. The fourth-order valence-electron chi connectivity index (χ4n) is 2.99. The molecule has 1 aromatic carbocycles. The van der Waals surface area contributed by atoms with E-state index in [0.29, 0.717) is 36.4 Å². The highest BCUT2D eigenvalue weighted by Gasteiger charge is 2.22. The van der Waals surface area contributed by atoms with E-state index < -0.39 is 0 Å². The minimum atomic E-state index is -0.0661. The van der Waals surface area contributed by atoms with Crippen LogP contribution in [-0.2, 0) is 11.3 Å². The predicted octanol–water partition coefficient (Wildman–Crippen LogP) is 4.36. The molecular weight excluding hydrogens is 418 g/mol. The molecule has 3 aromatic rings. The molecule has 2 heterocycles. The molecule has 0 N–H and O–H groups in total. The smallest absolute Gasteiger partial charge is 0.239 e. The van der Waals surface area contributed by atoms with Crippen molar-refractivity contribution in [2.45, 2.75) is 50.1 Å². The zero-order valence-electron chi connectivity index (χ0n) is 18.8. The van der Waals surface area contributed by atoms with E-state index in [9.17, 15) is 0 Å². The van der Waals surface area contributed by atoms with Crippen molar-refractivity contribution in [2.24, 2.45) is 0 Å². The molecule has 9 nitrogen and oxygen atoms in total. The molecule has 0 aliphatic heterocycles. The van der Waals surface area contributed by atoms with Crippen molar-refractivity contribution in [3.05, 3.63) is 29.9 Å². The molecule has 0 aliphatic carbocycles. The van der Waals surface area contributed by atoms with E-state index in [0.717, 1.165) is 23.0 Å². The summed E-state index contributed by atoms with van der Waals surface area (Å²) in [5.41, 5.74) is 0.891. The maximum atomic E-state index is 5.46. The highest BCUT2D eigenvalue weighted by molar-refractivity contribution is 7.99. The van der Waals surface area contributed by atoms with Gasteiger partial charge in [-0.2, -0.15) is 4.98 Å². The summed E-state index contributed by atoms with van der Waals surface area (Å²) >= 11 is 1.54. The first-order valence-electron chi connectivity index (χ1n) is 10.1. The number of hydrogen-bond acceptors (Lipinski definition) is 9. The van der Waals surface area contributed by atoms with Crippen molar-refractivity contribution in [3.63, 3.8) is 0 Å². The minimum absolute atomic E-state index is 0.0661. The third-order valence-corrected chi connectivity index (χ3v) is 5.76. The summed E-state index contributed by atoms with van der Waals surface area (Å²) in [6, 6.07) is 5.72. The second-order valence-electron chi connectivity index (χ2n) is 7.28. The Kier molecular flexibility index (Phi) is 7.91. The van der Waals surface area contributed by atoms with Crippen molar-refractivity contribution in [2.75, 3.05) is 27.9 Å². The molecule has 0 radical (unpaired) electrons. The monoisotopic (exact) mass is 447 g/mol. The second-order valence-corrected chi connectivity index (χ2v) is 8.59. The van der Waals surface area contributed by atoms with Crippen molar-refractivity contribution in [1.29, 1.82) is 0 Å². The fraction of sp³-hybridized carbons (Fsp3) is 0.524. The normalized spacial score (nSPS) is 12.4. The van der Waals surface area contributed by atoms with Gasteiger partial charge in [0.05, 0.1) is 19.5 Å². The highest BCUT2D eigenvalue weighted by Crippen LogP contribution is 2.37. The largest absolute Gasteiger partial charge is 0.493 e. The van der Waals surface area contributed by atoms with E-state index in [1.807, 2.05) is 39.0 Å². The van der Waals surface area contributed by atoms with Crippen LogP contribution in [0.4, 0.5) is 0 Å². The van der Waals surface area contributed by atoms with Crippen LogP contribution in [0.1, 0.15) is 50.1 Å². The molecule has 0 fully saturated rings. The lowest BCUT2D eigenvalue weighted by Gasteiger charge is -2.13. The fourth-order valence-corrected chi connectivity index (χ4v) is 3.89. The third kappa shape index (κ3) is 5.37. The second kappa shape index (κ2) is 10.6. The summed E-state index contributed by atoms with van der Waals surface area (Å²) in [7, 11) is 4.92. The van der Waals surface area contributed by atoms with Crippen LogP contribution in [0.25, 0.3) is 11.4 Å². The van der Waals surface area contributed by atoms with E-state index in [1.54, 1.807) is 21.3 Å². The van der Waals surface area contributed by atoms with Gasteiger partial charge < -0.3 is 23.3 Å². The van der Waals surface area contributed by atoms with Gasteiger partial charge in [-0.15, -0.1) is 10.2 Å². The van der Waals surface area contributed by atoms with Crippen LogP contribution in [-0.4, -0.2) is 52.8 Å². The zero-order valence-corrected chi connectivity index (χ0v) is 19.6. The average molecular weight is 448 g/mol. The summed E-state index contributed by atoms with van der Waals surface area (Å²) in [6.07, 6.45) is 0.828. The molecule has 0 saturated carbocycles. The predicted molar refractivity (Wildman–Crippen MR) is 118 cm³/mol. The van der Waals surface area contributed by atoms with Crippen molar-refractivity contribution >= 4 is 11.8 Å². The minimum Gasteiger partial charge on any atom is -0.493 e. The molecular formula is C21H29N5O4S. The molecule has 168 valence electrons. The summed E-state index contributed by atoms with van der Waals surface area (Å²) in [5.74, 6) is 3.55. The van der Waals surface area contributed by atoms with E-state index >= 15 is 0 Å². The van der Waals surface area contributed by atoms with Crippen LogP contribution in [0.15, 0.2) is 27.9 Å². The Morgan fingerprint density at radius 2 is 1.84 bits per heavy atom. The van der Waals surface area contributed by atoms with Crippen molar-refractivity contribution < 1.29 is 18.7 Å². The first-order valence-corrected chi connectivity index (χ1v) is 11.0. The van der Waals surface area contributed by atoms with Gasteiger partial charge in [0.2, 0.25) is 5.89 Å². The van der Waals surface area contributed by atoms with Gasteiger partial charge >= 0.3 is 0 Å². The van der Waals surface area contributed by atoms with Gasteiger partial charge in [-0.1, -0.05) is 30.8 Å². The summed E-state index contributed by atoms with van der Waals surface area (Å²) in [5, 5.41) is 13.7. The SMILES string of the molecule is COCCCn1c(S[C@H](C)c2nc(C(C)C)no2)nnc1-c1ccc(OC)c(OC)c1. The average Bonchev–Trinajstić information content (AvgIpc) is 3.41. The number of ether oxygens (including phenoxy) is 3. The first kappa shape index (κ1) is 23.1. The number of thioether (sulfide) groups is 1. The lowest BCUT2D eigenvalue weighted by atomic mass is 10.2. The number of rotatable bonds is 11. The quantitative estimate of drug-likeness (QED) is 0.314. The topological polar surface area (TPSA) is 97.3 Å². The first-order chi connectivity index (χ1) is 15.0. The lowest BCUT2D eigenvalue weighted by molar-refractivity contribution is 0.189. The van der Waals surface area contributed by atoms with Gasteiger partial charge in [0.25, 0.3) is 0 Å². The molecule has 3 rings (SSSR count). The van der Waals surface area contributed by atoms with Crippen LogP contribution in [0.5, 0.6) is 11.5 Å². The van der Waals surface area contributed by atoms with Crippen LogP contribution >= 0.6 is 11.8 Å². The van der Waals surface area contributed by atoms with Crippen molar-refractivity contribution in [3.8, 4) is 22.9 Å². The Hall–Kier alpha value is -2.59. The van der Waals surface area contributed by atoms with Crippen molar-refractivity contribution in [1.82, 2.24) is 24.9 Å². The van der Waals surface area contributed by atoms with Crippen LogP contribution < -0.4 is 9.47 Å². The number of benzene rings is 1. The van der Waals surface area contributed by atoms with Gasteiger partial charge in [0.1, 0.15) is 0 Å². The van der Waals surface area contributed by atoms with Gasteiger partial charge in [-0.25, -0.2) is 0 Å². The molecule has 0 amide bonds. The summed E-state index contributed by atoms with van der Waals surface area (Å²) in [6.45, 7) is 7.44. The Morgan fingerprint density at radius 3 is 2.48 bits per heavy atom. The number of nitrogens with zero attached hydrogens (tertiary/aromatic N) is 5. The zero-order chi connectivity index (χ0) is 22.4. The standard InChI is InChI=1S/C21H29N5O4S/c1-13(2)18-22-20(30-25-18)14(3)31-21-24-23-19(26(21)10-7-11-27-4)15-8-9-16(28-5)17(12-15)29-6/h8-9,12-14H,7,10-11H2,1-6H3/t14-/m1/s1. The Balaban J connectivity index is 1.91. The summed E-state index contributed by atoms with van der Waals surface area (Å²) in [4.78, 5) is 4.51. The molecule has 0 bridgehead atoms. The Labute approximate surface area is 186 Å². The Bertz CT molecular complexity index is 988. The van der Waals surface area contributed by atoms with Gasteiger partial charge in [-0.05, 0) is 31.5 Å². The van der Waals surface area contributed by atoms with Crippen LogP contribution in [0.2, 0.25) is 0 Å². The van der Waals surface area contributed by atoms with Crippen LogP contribution in [0, 0.1) is 0 Å². The molecule has 0 spiro atoms. The van der Waals surface area contributed by atoms with Gasteiger partial charge in [0.15, 0.2) is 28.3 Å². The van der Waals surface area contributed by atoms with E-state index in [2.05, 4.69) is 24.9 Å². The van der Waals surface area contributed by atoms with E-state index in [-0.39, 0.29) is 11.2 Å². The molecule has 1 atom stereocenters. The molecule has 0 aliphatic rings. The summed E-state index contributed by atoms with van der Waals surface area (Å²) < 4.78 is 23.6. The van der Waals surface area contributed by atoms with E-state index in [4.69, 9.17) is 18.7 Å². The molecule has 0 unspecified atom stereocenters. The number of aromatic nitrogens is 5. The maximum absolute atomic E-state index is 5.46. The Morgan fingerprint density at radius 1 is 1.06 bits per heavy atom. The molecule has 0 saturated heterocycles.